The number of hydrogen-bond donors (Lipinski definition) is 1. The highest BCUT2D eigenvalue weighted by Gasteiger charge is 2.24. The average molecular weight is 341 g/mol. The quantitative estimate of drug-likeness (QED) is 0.878. The molecular weight excluding hydrogens is 314 g/mol. The number of carbonyl (C=O) groups is 1. The third-order valence-electron chi connectivity index (χ3n) is 4.71. The Kier molecular flexibility index (Phi) is 5.53. The van der Waals surface area contributed by atoms with Gasteiger partial charge in [0.2, 0.25) is 0 Å². The predicted octanol–water partition coefficient (Wildman–Crippen LogP) is 3.21. The molecule has 0 radical (unpaired) electrons. The fraction of sp³-hybridized carbons (Fsp3) is 0.500. The number of amides is 1. The second-order valence-corrected chi connectivity index (χ2v) is 6.57. The number of carbonyl (C=O) groups excluding carboxylic acids is 1. The minimum absolute atomic E-state index is 0.0388. The fourth-order valence-corrected chi connectivity index (χ4v) is 3.41. The third-order valence-corrected chi connectivity index (χ3v) is 4.71. The Labute approximate surface area is 149 Å². The van der Waals surface area contributed by atoms with Gasteiger partial charge in [-0.15, -0.1) is 0 Å². The van der Waals surface area contributed by atoms with Crippen LogP contribution < -0.4 is 5.32 Å². The molecule has 134 valence electrons. The highest BCUT2D eigenvalue weighted by molar-refractivity contribution is 5.96. The third kappa shape index (κ3) is 3.76. The van der Waals surface area contributed by atoms with Gasteiger partial charge in [-0.05, 0) is 50.3 Å². The smallest absolute Gasteiger partial charge is 0.255 e. The van der Waals surface area contributed by atoms with Crippen LogP contribution in [-0.4, -0.2) is 34.9 Å². The molecular formula is C20H27N3O2. The second kappa shape index (κ2) is 7.83. The number of nitrogens with zero attached hydrogens (tertiary/aromatic N) is 2. The van der Waals surface area contributed by atoms with Crippen molar-refractivity contribution in [1.82, 2.24) is 15.1 Å². The van der Waals surface area contributed by atoms with E-state index in [9.17, 15) is 4.79 Å². The lowest BCUT2D eigenvalue weighted by atomic mass is 10.1. The average Bonchev–Trinajstić information content (AvgIpc) is 3.26. The molecule has 2 aromatic rings. The molecule has 0 saturated carbocycles. The van der Waals surface area contributed by atoms with E-state index in [2.05, 4.69) is 31.3 Å². The highest BCUT2D eigenvalue weighted by atomic mass is 16.5. The van der Waals surface area contributed by atoms with Gasteiger partial charge < -0.3 is 10.1 Å². The van der Waals surface area contributed by atoms with E-state index >= 15 is 0 Å². The molecule has 2 heterocycles. The molecule has 1 atom stereocenters. The van der Waals surface area contributed by atoms with Crippen molar-refractivity contribution in [2.45, 2.75) is 52.6 Å². The summed E-state index contributed by atoms with van der Waals surface area (Å²) >= 11 is 0. The summed E-state index contributed by atoms with van der Waals surface area (Å²) < 4.78 is 7.53. The summed E-state index contributed by atoms with van der Waals surface area (Å²) in [6, 6.07) is 8.22. The summed E-state index contributed by atoms with van der Waals surface area (Å²) in [5, 5.41) is 7.79. The van der Waals surface area contributed by atoms with Crippen LogP contribution in [0, 0.1) is 6.92 Å². The van der Waals surface area contributed by atoms with Crippen LogP contribution >= 0.6 is 0 Å². The Morgan fingerprint density at radius 2 is 2.20 bits per heavy atom. The van der Waals surface area contributed by atoms with Gasteiger partial charge in [-0.25, -0.2) is 4.68 Å². The molecule has 1 unspecified atom stereocenters. The molecule has 1 N–H and O–H groups in total. The van der Waals surface area contributed by atoms with Gasteiger partial charge in [-0.1, -0.05) is 26.0 Å². The van der Waals surface area contributed by atoms with Crippen LogP contribution in [0.2, 0.25) is 0 Å². The lowest BCUT2D eigenvalue weighted by Gasteiger charge is -2.12. The van der Waals surface area contributed by atoms with Gasteiger partial charge in [-0.3, -0.25) is 4.79 Å². The van der Waals surface area contributed by atoms with E-state index in [0.29, 0.717) is 6.54 Å². The Morgan fingerprint density at radius 1 is 1.36 bits per heavy atom. The van der Waals surface area contributed by atoms with Gasteiger partial charge in [0.05, 0.1) is 28.7 Å². The van der Waals surface area contributed by atoms with Gasteiger partial charge in [0, 0.05) is 13.2 Å². The minimum atomic E-state index is -0.0388. The maximum atomic E-state index is 12.9. The molecule has 5 heteroatoms. The monoisotopic (exact) mass is 341 g/mol. The summed E-state index contributed by atoms with van der Waals surface area (Å²) in [5.74, 6) is -0.0388. The van der Waals surface area contributed by atoms with E-state index in [1.54, 1.807) is 0 Å². The predicted molar refractivity (Wildman–Crippen MR) is 98.4 cm³/mol. The van der Waals surface area contributed by atoms with E-state index in [1.807, 2.05) is 23.7 Å². The first-order valence-electron chi connectivity index (χ1n) is 9.21. The van der Waals surface area contributed by atoms with Gasteiger partial charge in [0.25, 0.3) is 5.91 Å². The van der Waals surface area contributed by atoms with Crippen LogP contribution in [0.15, 0.2) is 24.3 Å². The van der Waals surface area contributed by atoms with Crippen molar-refractivity contribution < 1.29 is 9.53 Å². The summed E-state index contributed by atoms with van der Waals surface area (Å²) in [4.78, 5) is 12.9. The van der Waals surface area contributed by atoms with E-state index in [4.69, 9.17) is 9.84 Å². The Bertz CT molecular complexity index is 745. The van der Waals surface area contributed by atoms with Crippen molar-refractivity contribution in [3.8, 4) is 5.69 Å². The molecule has 0 spiro atoms. The second-order valence-electron chi connectivity index (χ2n) is 6.57. The zero-order chi connectivity index (χ0) is 17.8. The van der Waals surface area contributed by atoms with Crippen LogP contribution in [0.5, 0.6) is 0 Å². The molecule has 0 bridgehead atoms. The first-order chi connectivity index (χ1) is 12.1. The van der Waals surface area contributed by atoms with Crippen molar-refractivity contribution in [2.75, 3.05) is 13.2 Å². The van der Waals surface area contributed by atoms with Crippen LogP contribution in [0.25, 0.3) is 5.69 Å². The number of hydrogen-bond acceptors (Lipinski definition) is 3. The number of aryl methyl sites for hydroxylation is 2. The summed E-state index contributed by atoms with van der Waals surface area (Å²) in [7, 11) is 0. The number of benzene rings is 1. The van der Waals surface area contributed by atoms with Gasteiger partial charge in [0.15, 0.2) is 0 Å². The topological polar surface area (TPSA) is 56.2 Å². The Morgan fingerprint density at radius 3 is 2.84 bits per heavy atom. The van der Waals surface area contributed by atoms with Crippen molar-refractivity contribution in [2.24, 2.45) is 0 Å². The summed E-state index contributed by atoms with van der Waals surface area (Å²) in [6.07, 6.45) is 3.72. The van der Waals surface area contributed by atoms with Gasteiger partial charge in [0.1, 0.15) is 0 Å². The molecule has 0 aliphatic carbocycles. The van der Waals surface area contributed by atoms with Crippen LogP contribution in [0.3, 0.4) is 0 Å². The molecule has 1 aromatic heterocycles. The summed E-state index contributed by atoms with van der Waals surface area (Å²) in [6.45, 7) is 7.54. The normalized spacial score (nSPS) is 17.0. The van der Waals surface area contributed by atoms with Crippen molar-refractivity contribution in [3.05, 3.63) is 46.8 Å². The van der Waals surface area contributed by atoms with E-state index in [0.717, 1.165) is 54.9 Å². The SMILES string of the molecule is CCc1nn(-c2cccc(C)c2)c(CC)c1C(=O)NCC1CCCO1. The van der Waals surface area contributed by atoms with E-state index in [-0.39, 0.29) is 12.0 Å². The van der Waals surface area contributed by atoms with Crippen LogP contribution in [0.4, 0.5) is 0 Å². The van der Waals surface area contributed by atoms with Crippen molar-refractivity contribution >= 4 is 5.91 Å². The van der Waals surface area contributed by atoms with E-state index < -0.39 is 0 Å². The largest absolute Gasteiger partial charge is 0.376 e. The molecule has 1 aliphatic heterocycles. The Hall–Kier alpha value is -2.14. The standard InChI is InChI=1S/C20H27N3O2/c1-4-17-19(20(24)21-13-16-10-7-11-25-16)18(5-2)23(22-17)15-9-6-8-14(3)12-15/h6,8-9,12,16H,4-5,7,10-11,13H2,1-3H3,(H,21,24). The number of nitrogens with one attached hydrogen (secondary N) is 1. The first kappa shape index (κ1) is 17.7. The highest BCUT2D eigenvalue weighted by Crippen LogP contribution is 2.21. The van der Waals surface area contributed by atoms with Crippen molar-refractivity contribution in [1.29, 1.82) is 0 Å². The lowest BCUT2D eigenvalue weighted by molar-refractivity contribution is 0.0856. The van der Waals surface area contributed by atoms with Gasteiger partial charge in [-0.2, -0.15) is 5.10 Å². The zero-order valence-electron chi connectivity index (χ0n) is 15.3. The van der Waals surface area contributed by atoms with Crippen molar-refractivity contribution in [3.63, 3.8) is 0 Å². The van der Waals surface area contributed by atoms with Crippen LogP contribution in [-0.2, 0) is 17.6 Å². The van der Waals surface area contributed by atoms with Crippen LogP contribution in [0.1, 0.15) is 54.0 Å². The molecule has 1 fully saturated rings. The maximum absolute atomic E-state index is 12.9. The molecule has 1 amide bonds. The maximum Gasteiger partial charge on any atom is 0.255 e. The molecule has 1 aliphatic rings. The molecule has 1 aromatic carbocycles. The molecule has 1 saturated heterocycles. The number of aromatic nitrogens is 2. The zero-order valence-corrected chi connectivity index (χ0v) is 15.3. The minimum Gasteiger partial charge on any atom is -0.376 e. The lowest BCUT2D eigenvalue weighted by Crippen LogP contribution is -2.32. The first-order valence-corrected chi connectivity index (χ1v) is 9.21. The van der Waals surface area contributed by atoms with E-state index in [1.165, 1.54) is 5.56 Å². The molecule has 3 rings (SSSR count). The molecule has 5 nitrogen and oxygen atoms in total. The number of rotatable bonds is 6. The summed E-state index contributed by atoms with van der Waals surface area (Å²) in [5.41, 5.74) is 4.72. The van der Waals surface area contributed by atoms with Gasteiger partial charge >= 0.3 is 0 Å². The number of ether oxygens (including phenoxy) is 1. The molecule has 25 heavy (non-hydrogen) atoms. The fourth-order valence-electron chi connectivity index (χ4n) is 3.41. The Balaban J connectivity index is 1.90.